The number of pyridine rings is 1. The van der Waals surface area contributed by atoms with Gasteiger partial charge in [0.15, 0.2) is 0 Å². The van der Waals surface area contributed by atoms with Gasteiger partial charge in [0, 0.05) is 11.6 Å². The number of anilines is 1. The van der Waals surface area contributed by atoms with Gasteiger partial charge in [0.2, 0.25) is 0 Å². The number of aromatic nitrogens is 1. The third-order valence-electron chi connectivity index (χ3n) is 1.49. The normalized spacial score (nSPS) is 10.8. The summed E-state index contributed by atoms with van der Waals surface area (Å²) in [6.07, 6.45) is -2.94. The highest BCUT2D eigenvalue weighted by Crippen LogP contribution is 2.24. The summed E-state index contributed by atoms with van der Waals surface area (Å²) in [7, 11) is 0. The highest BCUT2D eigenvalue weighted by Gasteiger charge is 2.18. The van der Waals surface area contributed by atoms with Crippen LogP contribution >= 0.6 is 0 Å². The van der Waals surface area contributed by atoms with Gasteiger partial charge in [0.1, 0.15) is 17.3 Å². The molecule has 0 saturated heterocycles. The monoisotopic (exact) mass is 192 g/mol. The fraction of sp³-hybridized carbons (Fsp3) is 0.286. The predicted molar refractivity (Wildman–Crippen MR) is 39.5 cm³/mol. The van der Waals surface area contributed by atoms with E-state index in [0.29, 0.717) is 0 Å². The maximum atomic E-state index is 12.9. The van der Waals surface area contributed by atoms with Crippen molar-refractivity contribution in [3.05, 3.63) is 23.1 Å². The lowest BCUT2D eigenvalue weighted by Crippen LogP contribution is -2.05. The Hall–Kier alpha value is -1.30. The van der Waals surface area contributed by atoms with E-state index in [4.69, 9.17) is 10.8 Å². The Morgan fingerprint density at radius 2 is 2.15 bits per heavy atom. The molecular weight excluding hydrogens is 185 g/mol. The molecule has 0 aliphatic rings. The number of nitrogen functional groups attached to an aromatic ring is 1. The second-order valence-electron chi connectivity index (χ2n) is 2.35. The summed E-state index contributed by atoms with van der Waals surface area (Å²) in [4.78, 5) is 3.23. The summed E-state index contributed by atoms with van der Waals surface area (Å²) in [6.45, 7) is -0.821. The number of nitrogens with zero attached hydrogens (tertiary/aromatic N) is 1. The van der Waals surface area contributed by atoms with Crippen molar-refractivity contribution in [3.8, 4) is 0 Å². The van der Waals surface area contributed by atoms with E-state index < -0.39 is 30.1 Å². The van der Waals surface area contributed by atoms with Crippen molar-refractivity contribution in [1.29, 1.82) is 0 Å². The number of halogens is 3. The van der Waals surface area contributed by atoms with Gasteiger partial charge in [0.25, 0.3) is 6.43 Å². The van der Waals surface area contributed by atoms with Crippen molar-refractivity contribution >= 4 is 5.82 Å². The molecule has 6 heteroatoms. The summed E-state index contributed by atoms with van der Waals surface area (Å²) in [5, 5.41) is 8.58. The van der Waals surface area contributed by atoms with Crippen LogP contribution in [0.5, 0.6) is 0 Å². The molecule has 0 saturated carbocycles. The van der Waals surface area contributed by atoms with Gasteiger partial charge in [-0.25, -0.2) is 18.2 Å². The van der Waals surface area contributed by atoms with Crippen molar-refractivity contribution in [3.63, 3.8) is 0 Å². The standard InChI is InChI=1S/C7H7F3N2O/c8-4-1-5(11)12-6(7(9)10)3(4)2-13/h1,7,13H,2H2,(H2,11,12). The smallest absolute Gasteiger partial charge is 0.280 e. The number of hydrogen-bond donors (Lipinski definition) is 2. The molecule has 0 bridgehead atoms. The van der Waals surface area contributed by atoms with E-state index in [1.807, 2.05) is 0 Å². The number of aliphatic hydroxyl groups is 1. The minimum Gasteiger partial charge on any atom is -0.391 e. The van der Waals surface area contributed by atoms with Crippen molar-refractivity contribution in [2.45, 2.75) is 13.0 Å². The zero-order valence-corrected chi connectivity index (χ0v) is 6.47. The van der Waals surface area contributed by atoms with E-state index in [9.17, 15) is 13.2 Å². The summed E-state index contributed by atoms with van der Waals surface area (Å²) in [5.74, 6) is -1.30. The molecule has 0 aromatic carbocycles. The number of hydrogen-bond acceptors (Lipinski definition) is 3. The largest absolute Gasteiger partial charge is 0.391 e. The molecule has 0 aliphatic carbocycles. The first-order valence-electron chi connectivity index (χ1n) is 3.40. The van der Waals surface area contributed by atoms with Crippen LogP contribution in [0.25, 0.3) is 0 Å². The molecule has 1 rings (SSSR count). The molecule has 0 fully saturated rings. The van der Waals surface area contributed by atoms with E-state index in [-0.39, 0.29) is 5.82 Å². The third-order valence-corrected chi connectivity index (χ3v) is 1.49. The van der Waals surface area contributed by atoms with E-state index in [1.165, 1.54) is 0 Å². The fourth-order valence-electron chi connectivity index (χ4n) is 0.915. The maximum Gasteiger partial charge on any atom is 0.280 e. The second kappa shape index (κ2) is 3.61. The van der Waals surface area contributed by atoms with Gasteiger partial charge in [-0.05, 0) is 0 Å². The summed E-state index contributed by atoms with van der Waals surface area (Å²) in [5.41, 5.74) is 3.74. The van der Waals surface area contributed by atoms with Crippen molar-refractivity contribution in [2.75, 3.05) is 5.73 Å². The van der Waals surface area contributed by atoms with E-state index in [0.717, 1.165) is 6.07 Å². The van der Waals surface area contributed by atoms with Crippen LogP contribution in [-0.4, -0.2) is 10.1 Å². The van der Waals surface area contributed by atoms with Gasteiger partial charge in [0.05, 0.1) is 6.61 Å². The Balaban J connectivity index is 3.29. The lowest BCUT2D eigenvalue weighted by atomic mass is 10.2. The molecule has 1 aromatic heterocycles. The molecule has 1 heterocycles. The second-order valence-corrected chi connectivity index (χ2v) is 2.35. The molecule has 0 amide bonds. The van der Waals surface area contributed by atoms with E-state index in [1.54, 1.807) is 0 Å². The van der Waals surface area contributed by atoms with Crippen molar-refractivity contribution in [1.82, 2.24) is 4.98 Å². The molecule has 0 unspecified atom stereocenters. The molecule has 1 aromatic rings. The Bertz CT molecular complexity index is 317. The molecule has 0 atom stereocenters. The quantitative estimate of drug-likeness (QED) is 0.740. The lowest BCUT2D eigenvalue weighted by Gasteiger charge is -2.07. The van der Waals surface area contributed by atoms with Crippen LogP contribution in [0.3, 0.4) is 0 Å². The Morgan fingerprint density at radius 3 is 2.62 bits per heavy atom. The Labute approximate surface area is 72.0 Å². The first-order chi connectivity index (χ1) is 6.06. The van der Waals surface area contributed by atoms with Gasteiger partial charge < -0.3 is 10.8 Å². The van der Waals surface area contributed by atoms with Crippen LogP contribution in [0.15, 0.2) is 6.07 Å². The third kappa shape index (κ3) is 1.89. The number of alkyl halides is 2. The first kappa shape index (κ1) is 9.79. The van der Waals surface area contributed by atoms with Crippen LogP contribution < -0.4 is 5.73 Å². The molecule has 0 spiro atoms. The molecule has 3 nitrogen and oxygen atoms in total. The zero-order chi connectivity index (χ0) is 10.0. The van der Waals surface area contributed by atoms with Gasteiger partial charge >= 0.3 is 0 Å². The Kier molecular flexibility index (Phi) is 2.72. The number of rotatable bonds is 2. The average Bonchev–Trinajstić information content (AvgIpc) is 2.02. The van der Waals surface area contributed by atoms with E-state index in [2.05, 4.69) is 4.98 Å². The predicted octanol–water partition coefficient (Wildman–Crippen LogP) is 1.23. The van der Waals surface area contributed by atoms with Crippen molar-refractivity contribution in [2.24, 2.45) is 0 Å². The van der Waals surface area contributed by atoms with Crippen LogP contribution in [0.4, 0.5) is 19.0 Å². The summed E-state index contributed by atoms with van der Waals surface area (Å²) >= 11 is 0. The SMILES string of the molecule is Nc1cc(F)c(CO)c(C(F)F)n1. The average molecular weight is 192 g/mol. The fourth-order valence-corrected chi connectivity index (χ4v) is 0.915. The molecular formula is C7H7F3N2O. The topological polar surface area (TPSA) is 59.1 Å². The zero-order valence-electron chi connectivity index (χ0n) is 6.47. The summed E-state index contributed by atoms with van der Waals surface area (Å²) in [6, 6.07) is 0.789. The van der Waals surface area contributed by atoms with Gasteiger partial charge in [-0.2, -0.15) is 0 Å². The maximum absolute atomic E-state index is 12.9. The lowest BCUT2D eigenvalue weighted by molar-refractivity contribution is 0.140. The van der Waals surface area contributed by atoms with Crippen molar-refractivity contribution < 1.29 is 18.3 Å². The molecule has 3 N–H and O–H groups in total. The van der Waals surface area contributed by atoms with Crippen LogP contribution in [0.2, 0.25) is 0 Å². The van der Waals surface area contributed by atoms with Crippen LogP contribution in [0, 0.1) is 5.82 Å². The van der Waals surface area contributed by atoms with Crippen LogP contribution in [-0.2, 0) is 6.61 Å². The summed E-state index contributed by atoms with van der Waals surface area (Å²) < 4.78 is 37.2. The minimum absolute atomic E-state index is 0.329. The van der Waals surface area contributed by atoms with Gasteiger partial charge in [-0.3, -0.25) is 0 Å². The molecule has 0 radical (unpaired) electrons. The highest BCUT2D eigenvalue weighted by atomic mass is 19.3. The molecule has 0 aliphatic heterocycles. The highest BCUT2D eigenvalue weighted by molar-refractivity contribution is 5.35. The molecule has 13 heavy (non-hydrogen) atoms. The number of nitrogens with two attached hydrogens (primary N) is 1. The number of aliphatic hydroxyl groups excluding tert-OH is 1. The van der Waals surface area contributed by atoms with Crippen LogP contribution in [0.1, 0.15) is 17.7 Å². The molecule has 72 valence electrons. The van der Waals surface area contributed by atoms with Gasteiger partial charge in [-0.1, -0.05) is 0 Å². The first-order valence-corrected chi connectivity index (χ1v) is 3.40. The van der Waals surface area contributed by atoms with Gasteiger partial charge in [-0.15, -0.1) is 0 Å². The minimum atomic E-state index is -2.94. The van der Waals surface area contributed by atoms with E-state index >= 15 is 0 Å². The Morgan fingerprint density at radius 1 is 1.54 bits per heavy atom.